The Bertz CT molecular complexity index is 207. The van der Waals surface area contributed by atoms with E-state index in [0.717, 1.165) is 12.0 Å². The van der Waals surface area contributed by atoms with Crippen LogP contribution in [0.4, 0.5) is 0 Å². The SMILES string of the molecule is C=CC(C=C)=C(/N=C\CC)NS.CC. The third-order valence-corrected chi connectivity index (χ3v) is 1.43. The second kappa shape index (κ2) is 12.0. The number of thiol groups is 1. The zero-order chi connectivity index (χ0) is 11.4. The van der Waals surface area contributed by atoms with Crippen molar-refractivity contribution in [2.75, 3.05) is 0 Å². The van der Waals surface area contributed by atoms with E-state index in [1.807, 2.05) is 20.8 Å². The Hall–Kier alpha value is -0.960. The fourth-order valence-electron chi connectivity index (χ4n) is 0.627. The van der Waals surface area contributed by atoms with E-state index in [0.29, 0.717) is 5.82 Å². The number of rotatable bonds is 5. The lowest BCUT2D eigenvalue weighted by atomic mass is 10.2. The molecule has 0 saturated heterocycles. The molecule has 0 unspecified atom stereocenters. The van der Waals surface area contributed by atoms with Crippen LogP contribution in [0.1, 0.15) is 27.2 Å². The normalized spacial score (nSPS) is 8.57. The number of hydrogen-bond donors (Lipinski definition) is 2. The molecule has 0 aliphatic heterocycles. The number of aliphatic imine (C=N–C) groups is 1. The van der Waals surface area contributed by atoms with Crippen LogP contribution in [0.15, 0.2) is 41.7 Å². The summed E-state index contributed by atoms with van der Waals surface area (Å²) in [4.78, 5) is 4.13. The molecule has 0 aromatic heterocycles. The van der Waals surface area contributed by atoms with E-state index in [2.05, 4.69) is 35.7 Å². The summed E-state index contributed by atoms with van der Waals surface area (Å²) in [7, 11) is 0. The molecular formula is C11H20N2S. The molecule has 0 aliphatic carbocycles. The number of nitrogens with one attached hydrogen (secondary N) is 1. The Labute approximate surface area is 93.1 Å². The van der Waals surface area contributed by atoms with Gasteiger partial charge in [0.1, 0.15) is 5.82 Å². The first-order chi connectivity index (χ1) is 6.79. The van der Waals surface area contributed by atoms with Crippen LogP contribution in [0.2, 0.25) is 0 Å². The number of nitrogens with zero attached hydrogens (tertiary/aromatic N) is 1. The van der Waals surface area contributed by atoms with Crippen LogP contribution in [-0.2, 0) is 0 Å². The van der Waals surface area contributed by atoms with Gasteiger partial charge in [-0.3, -0.25) is 0 Å². The second-order valence-electron chi connectivity index (χ2n) is 2.04. The van der Waals surface area contributed by atoms with Gasteiger partial charge in [0.25, 0.3) is 0 Å². The number of hydrogen-bond acceptors (Lipinski definition) is 3. The van der Waals surface area contributed by atoms with Crippen molar-refractivity contribution < 1.29 is 0 Å². The summed E-state index contributed by atoms with van der Waals surface area (Å²) in [5.74, 6) is 0.671. The molecule has 0 saturated carbocycles. The molecule has 0 heterocycles. The molecule has 0 radical (unpaired) electrons. The van der Waals surface area contributed by atoms with Gasteiger partial charge in [-0.2, -0.15) is 0 Å². The lowest BCUT2D eigenvalue weighted by Gasteiger charge is -2.01. The van der Waals surface area contributed by atoms with Gasteiger partial charge in [-0.05, 0) is 6.42 Å². The summed E-state index contributed by atoms with van der Waals surface area (Å²) in [6, 6.07) is 0. The van der Waals surface area contributed by atoms with Gasteiger partial charge < -0.3 is 4.72 Å². The van der Waals surface area contributed by atoms with Crippen molar-refractivity contribution in [2.45, 2.75) is 27.2 Å². The smallest absolute Gasteiger partial charge is 0.142 e. The van der Waals surface area contributed by atoms with Gasteiger partial charge in [-0.1, -0.05) is 58.9 Å². The van der Waals surface area contributed by atoms with Crippen molar-refractivity contribution in [1.82, 2.24) is 4.72 Å². The van der Waals surface area contributed by atoms with Crippen molar-refractivity contribution in [3.05, 3.63) is 36.7 Å². The molecule has 1 N–H and O–H groups in total. The summed E-state index contributed by atoms with van der Waals surface area (Å²) in [6.45, 7) is 13.3. The second-order valence-corrected chi connectivity index (χ2v) is 2.27. The molecule has 0 amide bonds. The van der Waals surface area contributed by atoms with Crippen LogP contribution in [0.3, 0.4) is 0 Å². The van der Waals surface area contributed by atoms with Crippen LogP contribution < -0.4 is 4.72 Å². The van der Waals surface area contributed by atoms with Gasteiger partial charge in [0.05, 0.1) is 0 Å². The molecule has 0 rings (SSSR count). The van der Waals surface area contributed by atoms with Crippen LogP contribution in [-0.4, -0.2) is 6.21 Å². The highest BCUT2D eigenvalue weighted by Gasteiger charge is 1.94. The van der Waals surface area contributed by atoms with E-state index in [1.165, 1.54) is 0 Å². The summed E-state index contributed by atoms with van der Waals surface area (Å²) in [6.07, 6.45) is 6.04. The maximum absolute atomic E-state index is 4.13. The standard InChI is InChI=1S/C9H14N2S.C2H6/c1-4-7-10-9(11-12)8(5-2)6-3;1-2/h5-7,11-12H,2-4H2,1H3;1-2H3/b10-7-;. The summed E-state index contributed by atoms with van der Waals surface area (Å²) in [5, 5.41) is 0. The highest BCUT2D eigenvalue weighted by Crippen LogP contribution is 2.05. The quantitative estimate of drug-likeness (QED) is 0.407. The van der Waals surface area contributed by atoms with E-state index < -0.39 is 0 Å². The zero-order valence-electron chi connectivity index (χ0n) is 9.25. The molecule has 0 aromatic carbocycles. The van der Waals surface area contributed by atoms with Crippen LogP contribution in [0.5, 0.6) is 0 Å². The lowest BCUT2D eigenvalue weighted by Crippen LogP contribution is -1.99. The minimum atomic E-state index is 0.671. The molecule has 0 aliphatic rings. The molecule has 0 atom stereocenters. The molecular weight excluding hydrogens is 192 g/mol. The highest BCUT2D eigenvalue weighted by atomic mass is 32.1. The first kappa shape index (κ1) is 15.5. The monoisotopic (exact) mass is 212 g/mol. The maximum Gasteiger partial charge on any atom is 0.142 e. The van der Waals surface area contributed by atoms with Crippen molar-refractivity contribution in [1.29, 1.82) is 0 Å². The van der Waals surface area contributed by atoms with E-state index in [4.69, 9.17) is 0 Å². The topological polar surface area (TPSA) is 24.4 Å². The molecule has 14 heavy (non-hydrogen) atoms. The zero-order valence-corrected chi connectivity index (χ0v) is 10.1. The average molecular weight is 212 g/mol. The Morgan fingerprint density at radius 3 is 2.14 bits per heavy atom. The Kier molecular flexibility index (Phi) is 13.3. The Morgan fingerprint density at radius 1 is 1.36 bits per heavy atom. The van der Waals surface area contributed by atoms with Gasteiger partial charge in [0.15, 0.2) is 0 Å². The third kappa shape index (κ3) is 6.54. The van der Waals surface area contributed by atoms with Crippen molar-refractivity contribution in [2.24, 2.45) is 4.99 Å². The summed E-state index contributed by atoms with van der Waals surface area (Å²) < 4.78 is 2.67. The average Bonchev–Trinajstić information content (AvgIpc) is 2.27. The van der Waals surface area contributed by atoms with Gasteiger partial charge >= 0.3 is 0 Å². The van der Waals surface area contributed by atoms with Gasteiger partial charge in [-0.15, -0.1) is 0 Å². The third-order valence-electron chi connectivity index (χ3n) is 1.22. The molecule has 2 nitrogen and oxygen atoms in total. The highest BCUT2D eigenvalue weighted by molar-refractivity contribution is 7.78. The van der Waals surface area contributed by atoms with E-state index in [-0.39, 0.29) is 0 Å². The Balaban J connectivity index is 0. The molecule has 0 bridgehead atoms. The van der Waals surface area contributed by atoms with E-state index in [1.54, 1.807) is 18.4 Å². The van der Waals surface area contributed by atoms with Crippen molar-refractivity contribution >= 4 is 19.0 Å². The molecule has 80 valence electrons. The van der Waals surface area contributed by atoms with Crippen molar-refractivity contribution in [3.8, 4) is 0 Å². The predicted molar refractivity (Wildman–Crippen MR) is 69.7 cm³/mol. The summed E-state index contributed by atoms with van der Waals surface area (Å²) >= 11 is 3.92. The largest absolute Gasteiger partial charge is 0.317 e. The molecule has 0 fully saturated rings. The number of allylic oxidation sites excluding steroid dienone is 3. The van der Waals surface area contributed by atoms with Crippen LogP contribution in [0, 0.1) is 0 Å². The van der Waals surface area contributed by atoms with Gasteiger partial charge in [0.2, 0.25) is 0 Å². The predicted octanol–water partition coefficient (Wildman–Crippen LogP) is 3.51. The minimum Gasteiger partial charge on any atom is -0.317 e. The minimum absolute atomic E-state index is 0.671. The maximum atomic E-state index is 4.13. The van der Waals surface area contributed by atoms with E-state index in [9.17, 15) is 0 Å². The van der Waals surface area contributed by atoms with Crippen LogP contribution >= 0.6 is 12.8 Å². The molecule has 0 spiro atoms. The van der Waals surface area contributed by atoms with Gasteiger partial charge in [0, 0.05) is 11.8 Å². The van der Waals surface area contributed by atoms with Crippen LogP contribution in [0.25, 0.3) is 0 Å². The Morgan fingerprint density at radius 2 is 1.86 bits per heavy atom. The van der Waals surface area contributed by atoms with Crippen molar-refractivity contribution in [3.63, 3.8) is 0 Å². The molecule has 0 aromatic rings. The van der Waals surface area contributed by atoms with E-state index >= 15 is 0 Å². The van der Waals surface area contributed by atoms with Gasteiger partial charge in [-0.25, -0.2) is 4.99 Å². The fraction of sp³-hybridized carbons (Fsp3) is 0.364. The first-order valence-electron chi connectivity index (χ1n) is 4.71. The summed E-state index contributed by atoms with van der Waals surface area (Å²) in [5.41, 5.74) is 0.842. The lowest BCUT2D eigenvalue weighted by molar-refractivity contribution is 1.13. The first-order valence-corrected chi connectivity index (χ1v) is 5.16. The molecule has 3 heteroatoms. The fourth-order valence-corrected chi connectivity index (χ4v) is 0.814.